The Balaban J connectivity index is 1.51. The Hall–Kier alpha value is -2.28. The summed E-state index contributed by atoms with van der Waals surface area (Å²) in [6, 6.07) is 15.9. The van der Waals surface area contributed by atoms with Crippen molar-refractivity contribution in [1.82, 2.24) is 10.2 Å². The number of benzene rings is 2. The summed E-state index contributed by atoms with van der Waals surface area (Å²) in [5.74, 6) is -0.331. The lowest BCUT2D eigenvalue weighted by molar-refractivity contribution is -0.150. The largest absolute Gasteiger partial charge is 0.390 e. The number of hydrogen-bond acceptors (Lipinski definition) is 4. The maximum absolute atomic E-state index is 13.2. The van der Waals surface area contributed by atoms with E-state index in [4.69, 9.17) is 0 Å². The van der Waals surface area contributed by atoms with Crippen molar-refractivity contribution in [2.45, 2.75) is 31.0 Å². The first-order valence-corrected chi connectivity index (χ1v) is 9.63. The van der Waals surface area contributed by atoms with Crippen LogP contribution in [-0.4, -0.2) is 58.9 Å². The number of aliphatic hydroxyl groups is 2. The normalized spacial score (nSPS) is 22.2. The molecule has 0 unspecified atom stereocenters. The van der Waals surface area contributed by atoms with E-state index >= 15 is 0 Å². The van der Waals surface area contributed by atoms with Crippen LogP contribution in [0.2, 0.25) is 0 Å². The highest BCUT2D eigenvalue weighted by Crippen LogP contribution is 2.22. The van der Waals surface area contributed by atoms with Crippen molar-refractivity contribution in [3.8, 4) is 0 Å². The molecule has 0 radical (unpaired) electrons. The van der Waals surface area contributed by atoms with Gasteiger partial charge in [0.2, 0.25) is 5.91 Å². The molecule has 1 heterocycles. The van der Waals surface area contributed by atoms with Crippen LogP contribution in [0.25, 0.3) is 0 Å². The number of piperidine rings is 1. The summed E-state index contributed by atoms with van der Waals surface area (Å²) in [5, 5.41) is 24.3. The molecule has 1 amide bonds. The van der Waals surface area contributed by atoms with Crippen molar-refractivity contribution in [3.63, 3.8) is 0 Å². The van der Waals surface area contributed by atoms with Gasteiger partial charge in [-0.25, -0.2) is 4.39 Å². The molecule has 28 heavy (non-hydrogen) atoms. The van der Waals surface area contributed by atoms with E-state index in [9.17, 15) is 19.4 Å². The van der Waals surface area contributed by atoms with Gasteiger partial charge in [0.1, 0.15) is 11.4 Å². The van der Waals surface area contributed by atoms with Crippen LogP contribution in [0.5, 0.6) is 0 Å². The first kappa shape index (κ1) is 20.5. The molecule has 2 aromatic carbocycles. The second kappa shape index (κ2) is 9.28. The van der Waals surface area contributed by atoms with Crippen LogP contribution < -0.4 is 5.32 Å². The van der Waals surface area contributed by atoms with Gasteiger partial charge in [0.15, 0.2) is 0 Å². The zero-order chi connectivity index (χ0) is 20.0. The molecule has 2 atom stereocenters. The third-order valence-electron chi connectivity index (χ3n) is 5.22. The smallest absolute Gasteiger partial charge is 0.227 e. The fraction of sp³-hybridized carbons (Fsp3) is 0.409. The molecule has 1 saturated heterocycles. The monoisotopic (exact) mass is 386 g/mol. The second-order valence-corrected chi connectivity index (χ2v) is 7.44. The molecule has 0 saturated carbocycles. The third-order valence-corrected chi connectivity index (χ3v) is 5.22. The second-order valence-electron chi connectivity index (χ2n) is 7.44. The Morgan fingerprint density at radius 2 is 1.93 bits per heavy atom. The number of β-amino-alcohol motifs (C(OH)–C–C–N with tert-alkyl or cyclic N) is 1. The predicted octanol–water partition coefficient (Wildman–Crippen LogP) is 1.52. The van der Waals surface area contributed by atoms with Crippen LogP contribution in [0.3, 0.4) is 0 Å². The molecular weight excluding hydrogens is 359 g/mol. The molecule has 3 rings (SSSR count). The van der Waals surface area contributed by atoms with Crippen molar-refractivity contribution in [2.75, 3.05) is 26.2 Å². The van der Waals surface area contributed by atoms with Gasteiger partial charge in [-0.05, 0) is 42.6 Å². The number of carbonyl (C=O) groups excluding carboxylic acids is 1. The highest BCUT2D eigenvalue weighted by Gasteiger charge is 2.42. The lowest BCUT2D eigenvalue weighted by Crippen LogP contribution is -2.62. The highest BCUT2D eigenvalue weighted by atomic mass is 19.1. The average Bonchev–Trinajstić information content (AvgIpc) is 2.68. The number of hydrogen-bond donors (Lipinski definition) is 3. The van der Waals surface area contributed by atoms with Gasteiger partial charge in [0.25, 0.3) is 0 Å². The molecule has 0 aromatic heterocycles. The van der Waals surface area contributed by atoms with E-state index in [1.165, 1.54) is 12.1 Å². The summed E-state index contributed by atoms with van der Waals surface area (Å²) in [6.07, 6.45) is 0.332. The van der Waals surface area contributed by atoms with Crippen LogP contribution in [0.15, 0.2) is 54.6 Å². The summed E-state index contributed by atoms with van der Waals surface area (Å²) < 4.78 is 13.2. The maximum atomic E-state index is 13.2. The van der Waals surface area contributed by atoms with Crippen molar-refractivity contribution in [3.05, 3.63) is 71.5 Å². The van der Waals surface area contributed by atoms with Crippen molar-refractivity contribution in [1.29, 1.82) is 0 Å². The van der Waals surface area contributed by atoms with Crippen molar-refractivity contribution in [2.24, 2.45) is 0 Å². The molecule has 1 fully saturated rings. The van der Waals surface area contributed by atoms with Gasteiger partial charge in [-0.15, -0.1) is 0 Å². The van der Waals surface area contributed by atoms with E-state index < -0.39 is 11.7 Å². The number of carbonyl (C=O) groups is 1. The average molecular weight is 386 g/mol. The zero-order valence-corrected chi connectivity index (χ0v) is 15.9. The molecule has 5 nitrogen and oxygen atoms in total. The summed E-state index contributed by atoms with van der Waals surface area (Å²) in [4.78, 5) is 14.2. The molecule has 150 valence electrons. The molecule has 1 aliphatic rings. The molecule has 3 N–H and O–H groups in total. The van der Waals surface area contributed by atoms with E-state index in [2.05, 4.69) is 5.32 Å². The number of halogens is 1. The van der Waals surface area contributed by atoms with Crippen LogP contribution in [0, 0.1) is 5.82 Å². The van der Waals surface area contributed by atoms with E-state index in [-0.39, 0.29) is 31.2 Å². The lowest BCUT2D eigenvalue weighted by Gasteiger charge is -2.43. The van der Waals surface area contributed by atoms with Gasteiger partial charge in [-0.3, -0.25) is 4.79 Å². The standard InChI is InChI=1S/C22H27FN2O3/c23-19-8-4-7-18(13-19)9-11-24-15-22(28)16-25(12-10-20(22)26)21(27)14-17-5-2-1-3-6-17/h1-8,13,20,24,26,28H,9-12,14-16H2/t20-,22+/m0/s1. The van der Waals surface area contributed by atoms with E-state index in [1.54, 1.807) is 11.0 Å². The van der Waals surface area contributed by atoms with Gasteiger partial charge < -0.3 is 20.4 Å². The summed E-state index contributed by atoms with van der Waals surface area (Å²) in [7, 11) is 0. The number of nitrogens with one attached hydrogen (secondary N) is 1. The number of aliphatic hydroxyl groups excluding tert-OH is 1. The van der Waals surface area contributed by atoms with Gasteiger partial charge in [-0.1, -0.05) is 42.5 Å². The molecule has 1 aliphatic heterocycles. The first-order valence-electron chi connectivity index (χ1n) is 9.63. The maximum Gasteiger partial charge on any atom is 0.227 e. The topological polar surface area (TPSA) is 72.8 Å². The number of likely N-dealkylation sites (tertiary alicyclic amines) is 1. The Morgan fingerprint density at radius 3 is 2.68 bits per heavy atom. The Morgan fingerprint density at radius 1 is 1.18 bits per heavy atom. The van der Waals surface area contributed by atoms with Crippen LogP contribution in [0.1, 0.15) is 17.5 Å². The molecule has 6 heteroatoms. The fourth-order valence-corrected chi connectivity index (χ4v) is 3.56. The summed E-state index contributed by atoms with van der Waals surface area (Å²) in [5.41, 5.74) is 0.394. The number of rotatable bonds is 7. The van der Waals surface area contributed by atoms with E-state index in [1.807, 2.05) is 36.4 Å². The molecule has 0 spiro atoms. The minimum atomic E-state index is -1.40. The van der Waals surface area contributed by atoms with Gasteiger partial charge in [0.05, 0.1) is 19.1 Å². The third kappa shape index (κ3) is 5.38. The van der Waals surface area contributed by atoms with E-state index in [0.717, 1.165) is 11.1 Å². The fourth-order valence-electron chi connectivity index (χ4n) is 3.56. The van der Waals surface area contributed by atoms with Gasteiger partial charge in [0, 0.05) is 13.1 Å². The van der Waals surface area contributed by atoms with Crippen LogP contribution in [-0.2, 0) is 17.6 Å². The summed E-state index contributed by atoms with van der Waals surface area (Å²) >= 11 is 0. The zero-order valence-electron chi connectivity index (χ0n) is 15.9. The minimum Gasteiger partial charge on any atom is -0.390 e. The number of nitrogens with zero attached hydrogens (tertiary/aromatic N) is 1. The van der Waals surface area contributed by atoms with Crippen molar-refractivity contribution < 1.29 is 19.4 Å². The molecule has 0 bridgehead atoms. The first-order chi connectivity index (χ1) is 13.5. The van der Waals surface area contributed by atoms with Crippen molar-refractivity contribution >= 4 is 5.91 Å². The van der Waals surface area contributed by atoms with Gasteiger partial charge >= 0.3 is 0 Å². The van der Waals surface area contributed by atoms with Crippen LogP contribution >= 0.6 is 0 Å². The predicted molar refractivity (Wildman–Crippen MR) is 105 cm³/mol. The van der Waals surface area contributed by atoms with Gasteiger partial charge in [-0.2, -0.15) is 0 Å². The molecular formula is C22H27FN2O3. The summed E-state index contributed by atoms with van der Waals surface area (Å²) in [6.45, 7) is 1.22. The molecule has 2 aromatic rings. The number of amides is 1. The quantitative estimate of drug-likeness (QED) is 0.631. The SMILES string of the molecule is O=C(Cc1ccccc1)N1CC[C@H](O)[C@@](O)(CNCCc2cccc(F)c2)C1. The van der Waals surface area contributed by atoms with Crippen LogP contribution in [0.4, 0.5) is 4.39 Å². The lowest BCUT2D eigenvalue weighted by atomic mass is 9.89. The highest BCUT2D eigenvalue weighted by molar-refractivity contribution is 5.79. The Labute approximate surface area is 164 Å². The Bertz CT molecular complexity index is 786. The Kier molecular flexibility index (Phi) is 6.78. The molecule has 0 aliphatic carbocycles. The van der Waals surface area contributed by atoms with E-state index in [0.29, 0.717) is 25.9 Å². The minimum absolute atomic E-state index is 0.0590.